The molecule has 0 saturated carbocycles. The summed E-state index contributed by atoms with van der Waals surface area (Å²) in [5, 5.41) is 0. The number of benzene rings is 2. The molecule has 0 N–H and O–H groups in total. The van der Waals surface area contributed by atoms with E-state index >= 15 is 0 Å². The van der Waals surface area contributed by atoms with Crippen molar-refractivity contribution < 1.29 is 51.0 Å². The number of allylic oxidation sites excluding steroid dienone is 1. The quantitative estimate of drug-likeness (QED) is 0.469. The second-order valence-electron chi connectivity index (χ2n) is 8.13. The van der Waals surface area contributed by atoms with Gasteiger partial charge in [0.1, 0.15) is 0 Å². The number of fused-ring (bicyclic) bond motifs is 1. The first-order valence-corrected chi connectivity index (χ1v) is 15.6. The summed E-state index contributed by atoms with van der Waals surface area (Å²) in [5.41, 5.74) is 8.77. The number of unbranched alkanes of at least 4 members (excludes halogenated alkanes) is 1. The Morgan fingerprint density at radius 3 is 2.31 bits per heavy atom. The molecule has 3 rings (SSSR count). The summed E-state index contributed by atoms with van der Waals surface area (Å²) in [4.78, 5) is 0. The van der Waals surface area contributed by atoms with Crippen molar-refractivity contribution in [3.05, 3.63) is 64.7 Å². The first-order valence-electron chi connectivity index (χ1n) is 10.4. The molecule has 0 heterocycles. The predicted octanol–water partition coefficient (Wildman–Crippen LogP) is 1.11. The molecule has 1 nitrogen and oxygen atoms in total. The maximum Gasteiger partial charge on any atom is -1.00 e. The molecule has 0 amide bonds. The van der Waals surface area contributed by atoms with Crippen molar-refractivity contribution in [2.24, 2.45) is 0 Å². The van der Waals surface area contributed by atoms with Gasteiger partial charge in [0.15, 0.2) is 0 Å². The van der Waals surface area contributed by atoms with Gasteiger partial charge in [0.25, 0.3) is 0 Å². The number of hydrogen-bond donors (Lipinski definition) is 0. The van der Waals surface area contributed by atoms with Gasteiger partial charge in [0, 0.05) is 0 Å². The molecule has 2 aromatic rings. The van der Waals surface area contributed by atoms with Crippen LogP contribution in [-0.4, -0.2) is 9.04 Å². The number of halogens is 2. The van der Waals surface area contributed by atoms with Crippen molar-refractivity contribution in [1.82, 2.24) is 0 Å². The van der Waals surface area contributed by atoms with Gasteiger partial charge in [-0.1, -0.05) is 0 Å². The van der Waals surface area contributed by atoms with Gasteiger partial charge in [-0.15, -0.1) is 0 Å². The smallest absolute Gasteiger partial charge is 1.00 e. The van der Waals surface area contributed by atoms with Crippen LogP contribution in [0.3, 0.4) is 0 Å². The van der Waals surface area contributed by atoms with Gasteiger partial charge < -0.3 is 24.8 Å². The molecule has 0 spiro atoms. The summed E-state index contributed by atoms with van der Waals surface area (Å²) >= 11 is -0.880. The van der Waals surface area contributed by atoms with E-state index in [0.29, 0.717) is 9.54 Å². The number of rotatable bonds is 8. The second-order valence-corrected chi connectivity index (χ2v) is 14.2. The van der Waals surface area contributed by atoms with E-state index in [1.54, 1.807) is 5.57 Å². The van der Waals surface area contributed by atoms with Crippen LogP contribution >= 0.6 is 0 Å². The Hall–Kier alpha value is -0.180. The molecular formula is C24H32Cl2OSiZr. The van der Waals surface area contributed by atoms with Crippen molar-refractivity contribution in [3.63, 3.8) is 0 Å². The molecule has 0 bridgehead atoms. The van der Waals surface area contributed by atoms with Gasteiger partial charge in [0.05, 0.1) is 0 Å². The average Bonchev–Trinajstić information content (AvgIpc) is 3.02. The first-order chi connectivity index (χ1) is 13.0. The van der Waals surface area contributed by atoms with E-state index in [-0.39, 0.29) is 24.8 Å². The molecule has 0 saturated heterocycles. The third-order valence-electron chi connectivity index (χ3n) is 5.28. The fraction of sp³-hybridized carbons (Fsp3) is 0.417. The largest absolute Gasteiger partial charge is 1.00 e. The molecule has 1 aliphatic carbocycles. The van der Waals surface area contributed by atoms with Crippen LogP contribution < -0.4 is 24.8 Å². The van der Waals surface area contributed by atoms with Crippen molar-refractivity contribution in [1.29, 1.82) is 0 Å². The van der Waals surface area contributed by atoms with Crippen LogP contribution in [-0.2, 0) is 26.2 Å². The SMILES string of the molecule is CCCCC1=Cc2c(-c3ccc(C(C)C)cc3)cccc2[CH]1[Zr+2][O][SiH](C)C.[Cl-].[Cl-]. The summed E-state index contributed by atoms with van der Waals surface area (Å²) in [7, 11) is -0.935. The summed E-state index contributed by atoms with van der Waals surface area (Å²) < 4.78 is 6.96. The van der Waals surface area contributed by atoms with Gasteiger partial charge >= 0.3 is 180 Å². The average molecular weight is 527 g/mol. The van der Waals surface area contributed by atoms with Crippen molar-refractivity contribution in [3.8, 4) is 11.1 Å². The standard InChI is InChI=1S/C22H25.C2H7OSi.2ClH.Zr/c1-4-5-7-17-14-20-8-6-9-21(22(20)15-17)19-12-10-18(11-13-19)16(2)3;1-4(2)3;;;/h6,8-16H,4-5,7H2,1-3H3;4H,1-2H3;2*1H;/q;-1;;;+3/p-2. The zero-order valence-corrected chi connectivity index (χ0v) is 23.3. The molecule has 0 fully saturated rings. The minimum atomic E-state index is -0.935. The van der Waals surface area contributed by atoms with Crippen molar-refractivity contribution in [2.45, 2.75) is 62.7 Å². The molecule has 5 heteroatoms. The minimum Gasteiger partial charge on any atom is -1.00 e. The van der Waals surface area contributed by atoms with E-state index in [1.165, 1.54) is 47.1 Å². The van der Waals surface area contributed by atoms with Crippen LogP contribution in [0.4, 0.5) is 0 Å². The van der Waals surface area contributed by atoms with E-state index in [4.69, 9.17) is 2.50 Å². The predicted molar refractivity (Wildman–Crippen MR) is 116 cm³/mol. The molecule has 0 aromatic heterocycles. The van der Waals surface area contributed by atoms with Crippen LogP contribution in [0.2, 0.25) is 13.1 Å². The van der Waals surface area contributed by atoms with E-state index in [0.717, 1.165) is 0 Å². The fourth-order valence-corrected chi connectivity index (χ4v) is 8.99. The van der Waals surface area contributed by atoms with Gasteiger partial charge in [-0.05, 0) is 0 Å². The molecule has 29 heavy (non-hydrogen) atoms. The Morgan fingerprint density at radius 1 is 1.03 bits per heavy atom. The Kier molecular flexibility index (Phi) is 11.7. The minimum absolute atomic E-state index is 0. The Labute approximate surface area is 203 Å². The summed E-state index contributed by atoms with van der Waals surface area (Å²) in [6, 6.07) is 16.1. The van der Waals surface area contributed by atoms with Gasteiger partial charge in [-0.2, -0.15) is 0 Å². The van der Waals surface area contributed by atoms with Crippen molar-refractivity contribution in [2.75, 3.05) is 0 Å². The van der Waals surface area contributed by atoms with Crippen molar-refractivity contribution >= 4 is 15.1 Å². The summed E-state index contributed by atoms with van der Waals surface area (Å²) in [5.74, 6) is 0.579. The van der Waals surface area contributed by atoms with Crippen LogP contribution in [0, 0.1) is 0 Å². The summed E-state index contributed by atoms with van der Waals surface area (Å²) in [6.45, 7) is 11.4. The molecule has 2 aromatic carbocycles. The third-order valence-corrected chi connectivity index (χ3v) is 12.6. The van der Waals surface area contributed by atoms with Gasteiger partial charge in [0.2, 0.25) is 0 Å². The van der Waals surface area contributed by atoms with Crippen LogP contribution in [0.25, 0.3) is 17.2 Å². The second kappa shape index (κ2) is 12.6. The Balaban J connectivity index is 0.00000210. The maximum absolute atomic E-state index is 6.35. The normalized spacial score (nSPS) is 14.7. The zero-order chi connectivity index (χ0) is 19.4. The van der Waals surface area contributed by atoms with E-state index in [9.17, 15) is 0 Å². The van der Waals surface area contributed by atoms with Gasteiger partial charge in [-0.25, -0.2) is 0 Å². The van der Waals surface area contributed by atoms with Gasteiger partial charge in [-0.3, -0.25) is 0 Å². The molecular weight excluding hydrogens is 494 g/mol. The molecule has 1 aliphatic rings. The molecule has 1 unspecified atom stereocenters. The molecule has 156 valence electrons. The van der Waals surface area contributed by atoms with Crippen LogP contribution in [0.1, 0.15) is 66.3 Å². The third kappa shape index (κ3) is 6.65. The van der Waals surface area contributed by atoms with E-state index in [2.05, 4.69) is 82.4 Å². The molecule has 1 atom stereocenters. The van der Waals surface area contributed by atoms with Crippen LogP contribution in [0.15, 0.2) is 48.0 Å². The first kappa shape index (κ1) is 26.9. The topological polar surface area (TPSA) is 9.23 Å². The van der Waals surface area contributed by atoms with Crippen LogP contribution in [0.5, 0.6) is 0 Å². The Bertz CT molecular complexity index is 803. The summed E-state index contributed by atoms with van der Waals surface area (Å²) in [6.07, 6.45) is 6.28. The number of hydrogen-bond acceptors (Lipinski definition) is 1. The zero-order valence-electron chi connectivity index (χ0n) is 18.1. The Morgan fingerprint density at radius 2 is 1.72 bits per heavy atom. The fourth-order valence-electron chi connectivity index (χ4n) is 3.70. The monoisotopic (exact) mass is 524 g/mol. The molecule has 0 aliphatic heterocycles. The maximum atomic E-state index is 6.35. The van der Waals surface area contributed by atoms with E-state index in [1.807, 2.05) is 0 Å². The van der Waals surface area contributed by atoms with E-state index < -0.39 is 32.7 Å². The molecule has 0 radical (unpaired) electrons.